The van der Waals surface area contributed by atoms with Crippen molar-refractivity contribution in [1.82, 2.24) is 25.2 Å². The fraction of sp³-hybridized carbons (Fsp3) is 0.208. The third kappa shape index (κ3) is 4.84. The van der Waals surface area contributed by atoms with E-state index in [1.807, 2.05) is 86.0 Å². The summed E-state index contributed by atoms with van der Waals surface area (Å²) in [6, 6.07) is 21.6. The lowest BCUT2D eigenvalue weighted by atomic mass is 9.99. The highest BCUT2D eigenvalue weighted by atomic mass is 16.2. The fourth-order valence-electron chi connectivity index (χ4n) is 3.49. The molecule has 6 heteroatoms. The second-order valence-corrected chi connectivity index (χ2v) is 7.31. The lowest BCUT2D eigenvalue weighted by Gasteiger charge is -2.20. The van der Waals surface area contributed by atoms with Crippen LogP contribution in [0.5, 0.6) is 0 Å². The van der Waals surface area contributed by atoms with Crippen molar-refractivity contribution in [3.05, 3.63) is 102 Å². The van der Waals surface area contributed by atoms with Crippen LogP contribution in [-0.2, 0) is 6.42 Å². The first-order valence-corrected chi connectivity index (χ1v) is 10.1. The molecule has 0 radical (unpaired) electrons. The molecule has 0 bridgehead atoms. The van der Waals surface area contributed by atoms with Gasteiger partial charge >= 0.3 is 6.03 Å². The highest BCUT2D eigenvalue weighted by Gasteiger charge is 2.16. The molecule has 0 aliphatic rings. The van der Waals surface area contributed by atoms with Crippen LogP contribution >= 0.6 is 0 Å². The number of amides is 2. The number of aromatic nitrogens is 3. The van der Waals surface area contributed by atoms with Crippen molar-refractivity contribution >= 4 is 11.7 Å². The smallest absolute Gasteiger partial charge is 0.315 e. The Hall–Kier alpha value is -3.67. The summed E-state index contributed by atoms with van der Waals surface area (Å²) < 4.78 is 1.80. The van der Waals surface area contributed by atoms with E-state index in [-0.39, 0.29) is 12.1 Å². The van der Waals surface area contributed by atoms with Gasteiger partial charge in [0.25, 0.3) is 0 Å². The van der Waals surface area contributed by atoms with Crippen LogP contribution < -0.4 is 10.6 Å². The van der Waals surface area contributed by atoms with Crippen LogP contribution in [0.2, 0.25) is 0 Å². The molecular formula is C24H25N5O. The van der Waals surface area contributed by atoms with E-state index in [1.165, 1.54) is 0 Å². The fourth-order valence-corrected chi connectivity index (χ4v) is 3.49. The second kappa shape index (κ2) is 9.22. The van der Waals surface area contributed by atoms with Gasteiger partial charge in [-0.25, -0.2) is 14.3 Å². The quantitative estimate of drug-likeness (QED) is 0.461. The number of nitrogens with one attached hydrogen (secondary N) is 2. The minimum atomic E-state index is -0.193. The molecule has 0 saturated heterocycles. The number of aryl methyl sites for hydroxylation is 2. The SMILES string of the molecule is Cc1cc2ncc(CCCNC(=O)NC(c3ccccc3)c3ccccc3)cn2n1. The van der Waals surface area contributed by atoms with Gasteiger partial charge in [0, 0.05) is 25.0 Å². The molecule has 6 nitrogen and oxygen atoms in total. The summed E-state index contributed by atoms with van der Waals surface area (Å²) in [5.41, 5.74) is 4.99. The van der Waals surface area contributed by atoms with Crippen molar-refractivity contribution in [1.29, 1.82) is 0 Å². The Morgan fingerprint density at radius 3 is 2.37 bits per heavy atom. The first-order valence-electron chi connectivity index (χ1n) is 10.1. The maximum Gasteiger partial charge on any atom is 0.315 e. The molecule has 0 aliphatic heterocycles. The van der Waals surface area contributed by atoms with E-state index in [4.69, 9.17) is 0 Å². The number of hydrogen-bond donors (Lipinski definition) is 2. The number of urea groups is 1. The molecule has 0 atom stereocenters. The predicted octanol–water partition coefficient (Wildman–Crippen LogP) is 4.06. The molecule has 4 rings (SSSR count). The third-order valence-corrected chi connectivity index (χ3v) is 4.96. The molecule has 2 N–H and O–H groups in total. The second-order valence-electron chi connectivity index (χ2n) is 7.31. The molecule has 2 aromatic heterocycles. The zero-order valence-electron chi connectivity index (χ0n) is 17.0. The molecule has 0 aliphatic carbocycles. The van der Waals surface area contributed by atoms with E-state index in [9.17, 15) is 4.79 Å². The molecule has 30 heavy (non-hydrogen) atoms. The van der Waals surface area contributed by atoms with Crippen LogP contribution in [0.4, 0.5) is 4.79 Å². The van der Waals surface area contributed by atoms with Crippen LogP contribution in [0, 0.1) is 6.92 Å². The average molecular weight is 399 g/mol. The van der Waals surface area contributed by atoms with E-state index >= 15 is 0 Å². The molecule has 4 aromatic rings. The molecule has 0 spiro atoms. The number of carbonyl (C=O) groups excluding carboxylic acids is 1. The first kappa shape index (κ1) is 19.6. The van der Waals surface area contributed by atoms with Gasteiger partial charge in [-0.15, -0.1) is 0 Å². The summed E-state index contributed by atoms with van der Waals surface area (Å²) in [6.45, 7) is 2.54. The van der Waals surface area contributed by atoms with E-state index < -0.39 is 0 Å². The largest absolute Gasteiger partial charge is 0.338 e. The van der Waals surface area contributed by atoms with E-state index in [0.717, 1.165) is 40.9 Å². The Labute approximate surface area is 176 Å². The minimum Gasteiger partial charge on any atom is -0.338 e. The molecular weight excluding hydrogens is 374 g/mol. The van der Waals surface area contributed by atoms with Gasteiger partial charge in [-0.3, -0.25) is 0 Å². The van der Waals surface area contributed by atoms with Crippen LogP contribution in [0.25, 0.3) is 5.65 Å². The van der Waals surface area contributed by atoms with Gasteiger partial charge in [-0.2, -0.15) is 5.10 Å². The Bertz CT molecular complexity index is 1070. The van der Waals surface area contributed by atoms with Crippen molar-refractivity contribution in [2.24, 2.45) is 0 Å². The summed E-state index contributed by atoms with van der Waals surface area (Å²) in [6.07, 6.45) is 5.51. The Morgan fingerprint density at radius 1 is 1.03 bits per heavy atom. The van der Waals surface area contributed by atoms with Gasteiger partial charge in [-0.05, 0) is 36.5 Å². The van der Waals surface area contributed by atoms with Gasteiger partial charge in [0.2, 0.25) is 0 Å². The van der Waals surface area contributed by atoms with E-state index in [1.54, 1.807) is 4.52 Å². The zero-order chi connectivity index (χ0) is 20.8. The number of hydrogen-bond acceptors (Lipinski definition) is 3. The van der Waals surface area contributed by atoms with Crippen LogP contribution in [0.15, 0.2) is 79.1 Å². The van der Waals surface area contributed by atoms with Gasteiger partial charge in [0.05, 0.1) is 11.7 Å². The summed E-state index contributed by atoms with van der Waals surface area (Å²) >= 11 is 0. The van der Waals surface area contributed by atoms with Gasteiger partial charge in [0.1, 0.15) is 0 Å². The number of rotatable bonds is 7. The molecule has 2 heterocycles. The first-order chi connectivity index (χ1) is 14.7. The molecule has 0 fully saturated rings. The third-order valence-electron chi connectivity index (χ3n) is 4.96. The summed E-state index contributed by atoms with van der Waals surface area (Å²) in [4.78, 5) is 17.0. The van der Waals surface area contributed by atoms with Crippen molar-refractivity contribution in [2.45, 2.75) is 25.8 Å². The summed E-state index contributed by atoms with van der Waals surface area (Å²) in [5.74, 6) is 0. The number of fused-ring (bicyclic) bond motifs is 1. The van der Waals surface area contributed by atoms with Crippen LogP contribution in [0.3, 0.4) is 0 Å². The van der Waals surface area contributed by atoms with Crippen molar-refractivity contribution in [2.75, 3.05) is 6.54 Å². The maximum atomic E-state index is 12.5. The van der Waals surface area contributed by atoms with Crippen LogP contribution in [-0.4, -0.2) is 27.2 Å². The van der Waals surface area contributed by atoms with Gasteiger partial charge in [0.15, 0.2) is 5.65 Å². The molecule has 0 saturated carbocycles. The minimum absolute atomic E-state index is 0.177. The zero-order valence-corrected chi connectivity index (χ0v) is 17.0. The number of carbonyl (C=O) groups is 1. The molecule has 2 amide bonds. The standard InChI is InChI=1S/C24H25N5O/c1-18-15-22-26-16-19(17-29(22)28-18)9-8-14-25-24(30)27-23(20-10-4-2-5-11-20)21-12-6-3-7-13-21/h2-7,10-13,15-17,23H,8-9,14H2,1H3,(H2,25,27,30). The normalized spacial score (nSPS) is 11.0. The van der Waals surface area contributed by atoms with E-state index in [2.05, 4.69) is 20.7 Å². The maximum absolute atomic E-state index is 12.5. The Balaban J connectivity index is 1.32. The van der Waals surface area contributed by atoms with Crippen LogP contribution in [0.1, 0.15) is 34.8 Å². The van der Waals surface area contributed by atoms with Gasteiger partial charge < -0.3 is 10.6 Å². The monoisotopic (exact) mass is 399 g/mol. The van der Waals surface area contributed by atoms with Gasteiger partial charge in [-0.1, -0.05) is 60.7 Å². The number of benzene rings is 2. The van der Waals surface area contributed by atoms with Crippen molar-refractivity contribution in [3.63, 3.8) is 0 Å². The van der Waals surface area contributed by atoms with Crippen molar-refractivity contribution in [3.8, 4) is 0 Å². The molecule has 152 valence electrons. The van der Waals surface area contributed by atoms with Crippen molar-refractivity contribution < 1.29 is 4.79 Å². The lowest BCUT2D eigenvalue weighted by molar-refractivity contribution is 0.238. The Kier molecular flexibility index (Phi) is 6.03. The predicted molar refractivity (Wildman–Crippen MR) is 117 cm³/mol. The Morgan fingerprint density at radius 2 is 1.70 bits per heavy atom. The average Bonchev–Trinajstić information content (AvgIpc) is 3.15. The van der Waals surface area contributed by atoms with E-state index in [0.29, 0.717) is 6.54 Å². The topological polar surface area (TPSA) is 71.3 Å². The molecule has 0 unspecified atom stereocenters. The highest BCUT2D eigenvalue weighted by molar-refractivity contribution is 5.75. The summed E-state index contributed by atoms with van der Waals surface area (Å²) in [7, 11) is 0. The highest BCUT2D eigenvalue weighted by Crippen LogP contribution is 2.21. The lowest BCUT2D eigenvalue weighted by Crippen LogP contribution is -2.38. The molecule has 2 aromatic carbocycles. The summed E-state index contributed by atoms with van der Waals surface area (Å²) in [5, 5.41) is 10.5. The number of nitrogens with zero attached hydrogens (tertiary/aromatic N) is 3.